The Morgan fingerprint density at radius 3 is 2.52 bits per heavy atom. The van der Waals surface area contributed by atoms with E-state index < -0.39 is 23.7 Å². The molecule has 1 aromatic heterocycles. The highest BCUT2D eigenvalue weighted by molar-refractivity contribution is 5.95. The van der Waals surface area contributed by atoms with Crippen LogP contribution >= 0.6 is 0 Å². The zero-order valence-electron chi connectivity index (χ0n) is 14.4. The number of halogens is 1. The minimum atomic E-state index is -1.01. The van der Waals surface area contributed by atoms with Gasteiger partial charge in [-0.2, -0.15) is 5.10 Å². The van der Waals surface area contributed by atoms with Crippen molar-refractivity contribution in [1.29, 1.82) is 0 Å². The monoisotopic (exact) mass is 368 g/mol. The van der Waals surface area contributed by atoms with Crippen molar-refractivity contribution in [2.45, 2.75) is 13.0 Å². The number of nitrogens with zero attached hydrogens (tertiary/aromatic N) is 1. The molecule has 0 radical (unpaired) electrons. The number of hydrogen-bond acceptors (Lipinski definition) is 4. The van der Waals surface area contributed by atoms with Crippen LogP contribution in [0.3, 0.4) is 0 Å². The number of carbonyl (C=O) groups excluding carboxylic acids is 2. The number of aromatic amines is 1. The lowest BCUT2D eigenvalue weighted by atomic mass is 10.1. The van der Waals surface area contributed by atoms with E-state index in [1.165, 1.54) is 25.1 Å². The fraction of sp³-hybridized carbons (Fsp3) is 0.105. The van der Waals surface area contributed by atoms with Gasteiger partial charge in [0.25, 0.3) is 11.8 Å². The summed E-state index contributed by atoms with van der Waals surface area (Å²) in [4.78, 5) is 24.2. The van der Waals surface area contributed by atoms with Gasteiger partial charge in [-0.15, -0.1) is 0 Å². The van der Waals surface area contributed by atoms with Crippen molar-refractivity contribution in [2.75, 3.05) is 0 Å². The molecule has 0 spiro atoms. The smallest absolute Gasteiger partial charge is 0.287 e. The minimum absolute atomic E-state index is 0.0486. The fourth-order valence-corrected chi connectivity index (χ4v) is 2.27. The minimum Gasteiger partial charge on any atom is -0.478 e. The molecule has 8 heteroatoms. The molecule has 3 N–H and O–H groups in total. The molecule has 1 heterocycles. The molecule has 1 atom stereocenters. The Labute approximate surface area is 154 Å². The van der Waals surface area contributed by atoms with E-state index in [0.29, 0.717) is 5.69 Å². The molecule has 7 nitrogen and oxygen atoms in total. The molecule has 0 unspecified atom stereocenters. The van der Waals surface area contributed by atoms with E-state index in [2.05, 4.69) is 21.0 Å². The van der Waals surface area contributed by atoms with Crippen molar-refractivity contribution in [3.05, 3.63) is 72.2 Å². The van der Waals surface area contributed by atoms with E-state index >= 15 is 0 Å². The summed E-state index contributed by atoms with van der Waals surface area (Å²) in [5, 5.41) is 6.68. The second kappa shape index (κ2) is 8.13. The zero-order chi connectivity index (χ0) is 19.2. The van der Waals surface area contributed by atoms with Crippen molar-refractivity contribution < 1.29 is 18.7 Å². The lowest BCUT2D eigenvalue weighted by Gasteiger charge is -2.15. The number of hydrazine groups is 1. The number of H-pyrrole nitrogens is 1. The number of carbonyl (C=O) groups is 2. The number of nitrogens with one attached hydrogen (secondary N) is 3. The predicted molar refractivity (Wildman–Crippen MR) is 96.1 cm³/mol. The summed E-state index contributed by atoms with van der Waals surface area (Å²) < 4.78 is 18.8. The average molecular weight is 368 g/mol. The lowest BCUT2D eigenvalue weighted by molar-refractivity contribution is -0.128. The second-order valence-electron chi connectivity index (χ2n) is 5.67. The van der Waals surface area contributed by atoms with Gasteiger partial charge in [0.1, 0.15) is 5.69 Å². The first kappa shape index (κ1) is 18.1. The van der Waals surface area contributed by atoms with Gasteiger partial charge in [-0.3, -0.25) is 25.5 Å². The van der Waals surface area contributed by atoms with Crippen LogP contribution in [0.25, 0.3) is 11.3 Å². The summed E-state index contributed by atoms with van der Waals surface area (Å²) in [6.07, 6.45) is -1.01. The molecule has 3 rings (SSSR count). The number of hydrogen-bond donors (Lipinski definition) is 3. The molecule has 0 saturated carbocycles. The maximum atomic E-state index is 13.6. The molecule has 27 heavy (non-hydrogen) atoms. The van der Waals surface area contributed by atoms with Crippen LogP contribution in [0, 0.1) is 5.82 Å². The van der Waals surface area contributed by atoms with Crippen LogP contribution in [-0.2, 0) is 4.79 Å². The van der Waals surface area contributed by atoms with Gasteiger partial charge in [-0.25, -0.2) is 4.39 Å². The van der Waals surface area contributed by atoms with Gasteiger partial charge >= 0.3 is 0 Å². The fourth-order valence-electron chi connectivity index (χ4n) is 2.27. The molecule has 0 aliphatic heterocycles. The number of amides is 2. The Kier molecular flexibility index (Phi) is 5.46. The number of rotatable bonds is 5. The molecule has 0 aliphatic carbocycles. The van der Waals surface area contributed by atoms with E-state index in [4.69, 9.17) is 4.74 Å². The number of aromatic nitrogens is 2. The van der Waals surface area contributed by atoms with Gasteiger partial charge in [-0.05, 0) is 25.1 Å². The largest absolute Gasteiger partial charge is 0.478 e. The summed E-state index contributed by atoms with van der Waals surface area (Å²) in [6.45, 7) is 1.44. The Morgan fingerprint density at radius 2 is 1.78 bits per heavy atom. The molecular weight excluding hydrogens is 351 g/mol. The average Bonchev–Trinajstić information content (AvgIpc) is 3.18. The quantitative estimate of drug-likeness (QED) is 0.603. The molecule has 2 aromatic carbocycles. The van der Waals surface area contributed by atoms with Gasteiger partial charge in [0, 0.05) is 5.56 Å². The van der Waals surface area contributed by atoms with Gasteiger partial charge in [0.05, 0.1) is 5.69 Å². The first-order valence-corrected chi connectivity index (χ1v) is 8.17. The first-order valence-electron chi connectivity index (χ1n) is 8.17. The molecule has 0 saturated heterocycles. The molecule has 0 bridgehead atoms. The molecule has 138 valence electrons. The first-order chi connectivity index (χ1) is 13.0. The van der Waals surface area contributed by atoms with Crippen LogP contribution in [0.15, 0.2) is 60.7 Å². The van der Waals surface area contributed by atoms with E-state index in [0.717, 1.165) is 5.56 Å². The highest BCUT2D eigenvalue weighted by atomic mass is 19.1. The molecule has 0 fully saturated rings. The maximum absolute atomic E-state index is 13.6. The SMILES string of the molecule is C[C@@H](Oc1ccccc1F)C(=O)NNC(=O)c1cc(-c2ccccc2)n[nH]1. The maximum Gasteiger partial charge on any atom is 0.287 e. The standard InChI is InChI=1S/C19H17FN4O3/c1-12(27-17-10-6-5-9-14(17)20)18(25)23-24-19(26)16-11-15(21-22-16)13-7-3-2-4-8-13/h2-12H,1H3,(H,21,22)(H,23,25)(H,24,26)/t12-/m1/s1. The molecular formula is C19H17FN4O3. The van der Waals surface area contributed by atoms with E-state index in [1.54, 1.807) is 12.1 Å². The lowest BCUT2D eigenvalue weighted by Crippen LogP contribution is -2.47. The summed E-state index contributed by atoms with van der Waals surface area (Å²) in [6, 6.07) is 16.6. The molecule has 2 amide bonds. The van der Waals surface area contributed by atoms with Crippen LogP contribution in [0.1, 0.15) is 17.4 Å². The number of ether oxygens (including phenoxy) is 1. The van der Waals surface area contributed by atoms with Crippen LogP contribution < -0.4 is 15.6 Å². The highest BCUT2D eigenvalue weighted by Crippen LogP contribution is 2.17. The number of benzene rings is 2. The summed E-state index contributed by atoms with van der Waals surface area (Å²) in [5.74, 6) is -1.83. The second-order valence-corrected chi connectivity index (χ2v) is 5.67. The third kappa shape index (κ3) is 4.49. The van der Waals surface area contributed by atoms with Gasteiger partial charge in [0.15, 0.2) is 17.7 Å². The Morgan fingerprint density at radius 1 is 1.07 bits per heavy atom. The van der Waals surface area contributed by atoms with E-state index in [9.17, 15) is 14.0 Å². The highest BCUT2D eigenvalue weighted by Gasteiger charge is 2.18. The van der Waals surface area contributed by atoms with Gasteiger partial charge in [0.2, 0.25) is 0 Å². The Hall–Kier alpha value is -3.68. The topological polar surface area (TPSA) is 96.1 Å². The van der Waals surface area contributed by atoms with Crippen molar-refractivity contribution >= 4 is 11.8 Å². The van der Waals surface area contributed by atoms with Gasteiger partial charge < -0.3 is 4.74 Å². The molecule has 3 aromatic rings. The normalized spacial score (nSPS) is 11.5. The summed E-state index contributed by atoms with van der Waals surface area (Å²) in [7, 11) is 0. The van der Waals surface area contributed by atoms with Crippen molar-refractivity contribution in [3.8, 4) is 17.0 Å². The predicted octanol–water partition coefficient (Wildman–Crippen LogP) is 2.44. The van der Waals surface area contributed by atoms with Crippen molar-refractivity contribution in [1.82, 2.24) is 21.0 Å². The zero-order valence-corrected chi connectivity index (χ0v) is 14.4. The molecule has 0 aliphatic rings. The number of para-hydroxylation sites is 1. The Balaban J connectivity index is 1.55. The van der Waals surface area contributed by atoms with Crippen LogP contribution in [0.4, 0.5) is 4.39 Å². The third-order valence-corrected chi connectivity index (χ3v) is 3.70. The van der Waals surface area contributed by atoms with Crippen molar-refractivity contribution in [2.24, 2.45) is 0 Å². The van der Waals surface area contributed by atoms with Crippen LogP contribution in [-0.4, -0.2) is 28.1 Å². The van der Waals surface area contributed by atoms with Crippen LogP contribution in [0.2, 0.25) is 0 Å². The Bertz CT molecular complexity index is 943. The van der Waals surface area contributed by atoms with Gasteiger partial charge in [-0.1, -0.05) is 42.5 Å². The van der Waals surface area contributed by atoms with E-state index in [-0.39, 0.29) is 11.4 Å². The van der Waals surface area contributed by atoms with E-state index in [1.807, 2.05) is 30.3 Å². The third-order valence-electron chi connectivity index (χ3n) is 3.70. The summed E-state index contributed by atoms with van der Waals surface area (Å²) >= 11 is 0. The summed E-state index contributed by atoms with van der Waals surface area (Å²) in [5.41, 5.74) is 6.13. The van der Waals surface area contributed by atoms with Crippen molar-refractivity contribution in [3.63, 3.8) is 0 Å². The van der Waals surface area contributed by atoms with Crippen LogP contribution in [0.5, 0.6) is 5.75 Å².